The van der Waals surface area contributed by atoms with Crippen LogP contribution in [-0.4, -0.2) is 32.8 Å². The van der Waals surface area contributed by atoms with Gasteiger partial charge in [-0.05, 0) is 23.1 Å². The Kier molecular flexibility index (Phi) is 4.40. The second-order valence-corrected chi connectivity index (χ2v) is 4.51. The van der Waals surface area contributed by atoms with Crippen LogP contribution in [0.1, 0.15) is 19.8 Å². The quantitative estimate of drug-likeness (QED) is 0.588. The van der Waals surface area contributed by atoms with E-state index in [1.165, 1.54) is 4.80 Å². The lowest BCUT2D eigenvalue weighted by Crippen LogP contribution is -2.16. The van der Waals surface area contributed by atoms with Gasteiger partial charge in [0, 0.05) is 10.9 Å². The number of esters is 1. The minimum atomic E-state index is -0.335. The van der Waals surface area contributed by atoms with E-state index >= 15 is 0 Å². The molecule has 0 amide bonds. The number of rotatable bonds is 6. The Labute approximate surface area is 109 Å². The van der Waals surface area contributed by atoms with Gasteiger partial charge in [0.2, 0.25) is 5.82 Å². The first-order valence-electron chi connectivity index (χ1n) is 5.75. The number of ether oxygens (including phenoxy) is 1. The molecule has 0 aliphatic heterocycles. The van der Waals surface area contributed by atoms with Crippen LogP contribution >= 0.6 is 11.3 Å². The van der Waals surface area contributed by atoms with Crippen molar-refractivity contribution < 1.29 is 9.53 Å². The van der Waals surface area contributed by atoms with Crippen LogP contribution in [-0.2, 0) is 16.1 Å². The predicted molar refractivity (Wildman–Crippen MR) is 67.0 cm³/mol. The smallest absolute Gasteiger partial charge is 0.329 e. The predicted octanol–water partition coefficient (Wildman–Crippen LogP) is 1.74. The first-order chi connectivity index (χ1) is 8.79. The number of aromatic nitrogens is 4. The number of unbranched alkanes of at least 4 members (excludes halogenated alkanes) is 1. The van der Waals surface area contributed by atoms with Crippen LogP contribution in [0.15, 0.2) is 16.8 Å². The highest BCUT2D eigenvalue weighted by molar-refractivity contribution is 7.08. The van der Waals surface area contributed by atoms with E-state index in [1.54, 1.807) is 11.3 Å². The van der Waals surface area contributed by atoms with Gasteiger partial charge < -0.3 is 4.74 Å². The molecule has 18 heavy (non-hydrogen) atoms. The zero-order valence-corrected chi connectivity index (χ0v) is 10.9. The maximum absolute atomic E-state index is 11.4. The average Bonchev–Trinajstić information content (AvgIpc) is 2.98. The third-order valence-electron chi connectivity index (χ3n) is 2.26. The van der Waals surface area contributed by atoms with Gasteiger partial charge in [-0.15, -0.1) is 10.2 Å². The van der Waals surface area contributed by atoms with E-state index in [9.17, 15) is 4.79 Å². The van der Waals surface area contributed by atoms with Gasteiger partial charge in [0.05, 0.1) is 6.61 Å². The monoisotopic (exact) mass is 266 g/mol. The van der Waals surface area contributed by atoms with Crippen LogP contribution in [0.25, 0.3) is 11.4 Å². The molecule has 0 N–H and O–H groups in total. The molecule has 2 aromatic heterocycles. The second kappa shape index (κ2) is 6.25. The van der Waals surface area contributed by atoms with E-state index in [-0.39, 0.29) is 12.5 Å². The summed E-state index contributed by atoms with van der Waals surface area (Å²) in [6.45, 7) is 2.49. The number of hydrogen-bond acceptors (Lipinski definition) is 6. The Hall–Kier alpha value is -1.76. The zero-order chi connectivity index (χ0) is 12.8. The Morgan fingerprint density at radius 3 is 3.17 bits per heavy atom. The lowest BCUT2D eigenvalue weighted by Gasteiger charge is -2.01. The van der Waals surface area contributed by atoms with Gasteiger partial charge in [0.1, 0.15) is 0 Å². The fraction of sp³-hybridized carbons (Fsp3) is 0.455. The van der Waals surface area contributed by atoms with E-state index in [2.05, 4.69) is 15.4 Å². The van der Waals surface area contributed by atoms with E-state index < -0.39 is 0 Å². The summed E-state index contributed by atoms with van der Waals surface area (Å²) in [5.41, 5.74) is 0.908. The van der Waals surface area contributed by atoms with Gasteiger partial charge in [-0.2, -0.15) is 16.1 Å². The lowest BCUT2D eigenvalue weighted by molar-refractivity contribution is -0.144. The topological polar surface area (TPSA) is 69.9 Å². The van der Waals surface area contributed by atoms with Gasteiger partial charge in [0.25, 0.3) is 0 Å². The molecule has 0 radical (unpaired) electrons. The molecule has 2 heterocycles. The molecule has 2 aromatic rings. The first-order valence-corrected chi connectivity index (χ1v) is 6.70. The van der Waals surface area contributed by atoms with Crippen molar-refractivity contribution in [3.63, 3.8) is 0 Å². The molecule has 0 aliphatic rings. The summed E-state index contributed by atoms with van der Waals surface area (Å²) in [5, 5.41) is 15.7. The normalized spacial score (nSPS) is 10.5. The highest BCUT2D eigenvalue weighted by Crippen LogP contribution is 2.16. The van der Waals surface area contributed by atoms with Crippen molar-refractivity contribution in [2.24, 2.45) is 0 Å². The van der Waals surface area contributed by atoms with Crippen molar-refractivity contribution in [1.29, 1.82) is 0 Å². The Bertz CT molecular complexity index is 495. The Morgan fingerprint density at radius 1 is 1.56 bits per heavy atom. The van der Waals surface area contributed by atoms with Crippen molar-refractivity contribution in [2.75, 3.05) is 6.61 Å². The van der Waals surface area contributed by atoms with Crippen LogP contribution < -0.4 is 0 Å². The fourth-order valence-corrected chi connectivity index (χ4v) is 1.94. The third-order valence-corrected chi connectivity index (χ3v) is 2.95. The average molecular weight is 266 g/mol. The molecular weight excluding hydrogens is 252 g/mol. The van der Waals surface area contributed by atoms with Crippen molar-refractivity contribution in [1.82, 2.24) is 20.2 Å². The molecule has 0 spiro atoms. The molecule has 7 heteroatoms. The number of carbonyl (C=O) groups is 1. The van der Waals surface area contributed by atoms with Crippen LogP contribution in [0.2, 0.25) is 0 Å². The van der Waals surface area contributed by atoms with Crippen molar-refractivity contribution in [3.8, 4) is 11.4 Å². The minimum absolute atomic E-state index is 0.000845. The fourth-order valence-electron chi connectivity index (χ4n) is 1.31. The molecule has 2 rings (SSSR count). The van der Waals surface area contributed by atoms with Gasteiger partial charge in [0.15, 0.2) is 6.54 Å². The maximum atomic E-state index is 11.4. The number of nitrogens with zero attached hydrogens (tertiary/aromatic N) is 4. The molecule has 0 saturated carbocycles. The standard InChI is InChI=1S/C11H14N4O2S/c1-2-3-5-17-10(16)7-15-13-11(12-14-15)9-4-6-18-8-9/h4,6,8H,2-3,5,7H2,1H3. The third kappa shape index (κ3) is 3.36. The summed E-state index contributed by atoms with van der Waals surface area (Å²) < 4.78 is 5.02. The van der Waals surface area contributed by atoms with E-state index in [4.69, 9.17) is 4.74 Å². The number of hydrogen-bond donors (Lipinski definition) is 0. The molecule has 0 fully saturated rings. The number of tetrazole rings is 1. The van der Waals surface area contributed by atoms with Crippen molar-refractivity contribution >= 4 is 17.3 Å². The zero-order valence-electron chi connectivity index (χ0n) is 10.1. The molecule has 0 aliphatic carbocycles. The van der Waals surface area contributed by atoms with E-state index in [0.717, 1.165) is 18.4 Å². The summed E-state index contributed by atoms with van der Waals surface area (Å²) in [5.74, 6) is 0.190. The minimum Gasteiger partial charge on any atom is -0.464 e. The summed E-state index contributed by atoms with van der Waals surface area (Å²) in [6, 6.07) is 1.91. The number of thiophene rings is 1. The first kappa shape index (κ1) is 12.7. The number of carbonyl (C=O) groups excluding carboxylic acids is 1. The van der Waals surface area contributed by atoms with E-state index in [1.807, 2.05) is 23.8 Å². The molecule has 0 atom stereocenters. The van der Waals surface area contributed by atoms with Gasteiger partial charge in [-0.1, -0.05) is 13.3 Å². The highest BCUT2D eigenvalue weighted by atomic mass is 32.1. The Morgan fingerprint density at radius 2 is 2.44 bits per heavy atom. The summed E-state index contributed by atoms with van der Waals surface area (Å²) in [7, 11) is 0. The summed E-state index contributed by atoms with van der Waals surface area (Å²) in [6.07, 6.45) is 1.87. The molecule has 96 valence electrons. The van der Waals surface area contributed by atoms with Crippen molar-refractivity contribution in [3.05, 3.63) is 16.8 Å². The van der Waals surface area contributed by atoms with Crippen LogP contribution in [0.5, 0.6) is 0 Å². The lowest BCUT2D eigenvalue weighted by atomic mass is 10.3. The van der Waals surface area contributed by atoms with E-state index in [0.29, 0.717) is 12.4 Å². The molecule has 6 nitrogen and oxygen atoms in total. The second-order valence-electron chi connectivity index (χ2n) is 3.73. The van der Waals surface area contributed by atoms with Gasteiger partial charge in [-0.3, -0.25) is 0 Å². The summed E-state index contributed by atoms with van der Waals surface area (Å²) >= 11 is 1.56. The summed E-state index contributed by atoms with van der Waals surface area (Å²) in [4.78, 5) is 12.7. The van der Waals surface area contributed by atoms with Crippen molar-refractivity contribution in [2.45, 2.75) is 26.3 Å². The molecule has 0 unspecified atom stereocenters. The SMILES string of the molecule is CCCCOC(=O)Cn1nnc(-c2ccsc2)n1. The van der Waals surface area contributed by atoms with Gasteiger partial charge in [-0.25, -0.2) is 4.79 Å². The van der Waals surface area contributed by atoms with Gasteiger partial charge >= 0.3 is 5.97 Å². The van der Waals surface area contributed by atoms with Crippen LogP contribution in [0, 0.1) is 0 Å². The van der Waals surface area contributed by atoms with Crippen LogP contribution in [0.3, 0.4) is 0 Å². The van der Waals surface area contributed by atoms with Crippen LogP contribution in [0.4, 0.5) is 0 Å². The molecule has 0 saturated heterocycles. The largest absolute Gasteiger partial charge is 0.464 e. The molecule has 0 aromatic carbocycles. The highest BCUT2D eigenvalue weighted by Gasteiger charge is 2.10. The Balaban J connectivity index is 1.89. The molecule has 0 bridgehead atoms. The maximum Gasteiger partial charge on any atom is 0.329 e. The molecular formula is C11H14N4O2S.